The highest BCUT2D eigenvalue weighted by Crippen LogP contribution is 2.25. The molecule has 1 aromatic carbocycles. The minimum Gasteiger partial charge on any atom is -0.351 e. The molecule has 4 rings (SSSR count). The first-order valence-corrected chi connectivity index (χ1v) is 10.3. The number of aromatic nitrogens is 2. The van der Waals surface area contributed by atoms with E-state index in [0.29, 0.717) is 24.4 Å². The van der Waals surface area contributed by atoms with Gasteiger partial charge in [0.2, 0.25) is 5.91 Å². The Labute approximate surface area is 164 Å². The highest BCUT2D eigenvalue weighted by atomic mass is 35.5. The van der Waals surface area contributed by atoms with Gasteiger partial charge in [0, 0.05) is 39.2 Å². The molecule has 4 nitrogen and oxygen atoms in total. The van der Waals surface area contributed by atoms with Crippen LogP contribution in [0.3, 0.4) is 0 Å². The maximum atomic E-state index is 12.1. The molecule has 0 spiro atoms. The van der Waals surface area contributed by atoms with Crippen molar-refractivity contribution in [3.63, 3.8) is 0 Å². The molecule has 0 saturated heterocycles. The molecule has 0 aliphatic heterocycles. The molecule has 1 amide bonds. The molecule has 0 unspecified atom stereocenters. The number of aryl methyl sites for hydroxylation is 1. The second kappa shape index (κ2) is 7.61. The van der Waals surface area contributed by atoms with Gasteiger partial charge in [0.25, 0.3) is 0 Å². The number of hydrogen-bond acceptors (Lipinski definition) is 4. The lowest BCUT2D eigenvalue weighted by Gasteiger charge is -2.03. The fraction of sp³-hybridized carbons (Fsp3) is 0.158. The minimum absolute atomic E-state index is 0.0655. The highest BCUT2D eigenvalue weighted by Gasteiger charge is 2.11. The van der Waals surface area contributed by atoms with E-state index in [4.69, 9.17) is 11.6 Å². The van der Waals surface area contributed by atoms with Crippen molar-refractivity contribution < 1.29 is 4.79 Å². The summed E-state index contributed by atoms with van der Waals surface area (Å²) in [7, 11) is 0. The third-order valence-electron chi connectivity index (χ3n) is 4.07. The largest absolute Gasteiger partial charge is 0.351 e. The van der Waals surface area contributed by atoms with E-state index in [-0.39, 0.29) is 5.91 Å². The van der Waals surface area contributed by atoms with E-state index in [9.17, 15) is 4.79 Å². The molecule has 0 bridgehead atoms. The average Bonchev–Trinajstić information content (AvgIpc) is 3.36. The lowest BCUT2D eigenvalue weighted by Crippen LogP contribution is -2.22. The fourth-order valence-electron chi connectivity index (χ4n) is 2.70. The van der Waals surface area contributed by atoms with Crippen LogP contribution in [0.2, 0.25) is 5.02 Å². The number of carbonyl (C=O) groups is 1. The van der Waals surface area contributed by atoms with Crippen LogP contribution in [-0.4, -0.2) is 15.3 Å². The molecule has 0 aliphatic rings. The number of benzene rings is 1. The van der Waals surface area contributed by atoms with Crippen molar-refractivity contribution in [3.8, 4) is 11.3 Å². The van der Waals surface area contributed by atoms with Crippen LogP contribution in [0.15, 0.2) is 53.4 Å². The van der Waals surface area contributed by atoms with Gasteiger partial charge in [-0.1, -0.05) is 29.8 Å². The number of amides is 1. The lowest BCUT2D eigenvalue weighted by molar-refractivity contribution is -0.121. The van der Waals surface area contributed by atoms with Crippen LogP contribution >= 0.6 is 34.3 Å². The van der Waals surface area contributed by atoms with E-state index in [1.165, 1.54) is 4.88 Å². The van der Waals surface area contributed by atoms with Crippen molar-refractivity contribution in [2.75, 3.05) is 0 Å². The SMILES string of the molecule is O=C(CCc1csc2nc(-c3ccc(Cl)cc3)cn12)NCc1cccs1. The number of rotatable bonds is 6. The van der Waals surface area contributed by atoms with Gasteiger partial charge in [0.05, 0.1) is 12.2 Å². The minimum atomic E-state index is 0.0655. The second-order valence-electron chi connectivity index (χ2n) is 5.87. The molecule has 0 atom stereocenters. The second-order valence-corrected chi connectivity index (χ2v) is 8.17. The van der Waals surface area contributed by atoms with Gasteiger partial charge in [0.1, 0.15) is 0 Å². The van der Waals surface area contributed by atoms with Crippen molar-refractivity contribution in [1.29, 1.82) is 0 Å². The topological polar surface area (TPSA) is 46.4 Å². The molecule has 0 saturated carbocycles. The average molecular weight is 402 g/mol. The maximum absolute atomic E-state index is 12.1. The van der Waals surface area contributed by atoms with Crippen molar-refractivity contribution >= 4 is 45.1 Å². The number of nitrogens with zero attached hydrogens (tertiary/aromatic N) is 2. The Kier molecular flexibility index (Phi) is 5.06. The summed E-state index contributed by atoms with van der Waals surface area (Å²) in [6.45, 7) is 0.599. The number of imidazole rings is 1. The molecule has 132 valence electrons. The first kappa shape index (κ1) is 17.3. The number of fused-ring (bicyclic) bond motifs is 1. The Balaban J connectivity index is 1.42. The molecule has 0 aliphatic carbocycles. The summed E-state index contributed by atoms with van der Waals surface area (Å²) in [5.41, 5.74) is 3.05. The summed E-state index contributed by atoms with van der Waals surface area (Å²) in [5.74, 6) is 0.0655. The van der Waals surface area contributed by atoms with E-state index < -0.39 is 0 Å². The predicted molar refractivity (Wildman–Crippen MR) is 108 cm³/mol. The van der Waals surface area contributed by atoms with Crippen molar-refractivity contribution in [2.24, 2.45) is 0 Å². The number of thiazole rings is 1. The number of hydrogen-bond donors (Lipinski definition) is 1. The zero-order chi connectivity index (χ0) is 17.9. The number of carbonyl (C=O) groups excluding carboxylic acids is 1. The smallest absolute Gasteiger partial charge is 0.220 e. The highest BCUT2D eigenvalue weighted by molar-refractivity contribution is 7.15. The summed E-state index contributed by atoms with van der Waals surface area (Å²) in [5, 5.41) is 7.77. The van der Waals surface area contributed by atoms with Crippen LogP contribution in [-0.2, 0) is 17.8 Å². The van der Waals surface area contributed by atoms with E-state index in [1.54, 1.807) is 22.7 Å². The first-order chi connectivity index (χ1) is 12.7. The van der Waals surface area contributed by atoms with Crippen LogP contribution in [0.4, 0.5) is 0 Å². The molecule has 4 aromatic rings. The molecular weight excluding hydrogens is 386 g/mol. The van der Waals surface area contributed by atoms with Gasteiger partial charge >= 0.3 is 0 Å². The van der Waals surface area contributed by atoms with Crippen LogP contribution < -0.4 is 5.32 Å². The van der Waals surface area contributed by atoms with Gasteiger partial charge < -0.3 is 5.32 Å². The zero-order valence-corrected chi connectivity index (χ0v) is 16.2. The summed E-state index contributed by atoms with van der Waals surface area (Å²) < 4.78 is 2.07. The van der Waals surface area contributed by atoms with Crippen LogP contribution in [0.1, 0.15) is 17.0 Å². The van der Waals surface area contributed by atoms with Gasteiger partial charge in [-0.05, 0) is 30.0 Å². The van der Waals surface area contributed by atoms with E-state index in [1.807, 2.05) is 48.0 Å². The third-order valence-corrected chi connectivity index (χ3v) is 6.09. The Morgan fingerprint density at radius 2 is 2.04 bits per heavy atom. The Morgan fingerprint density at radius 3 is 2.81 bits per heavy atom. The van der Waals surface area contributed by atoms with Gasteiger partial charge in [-0.25, -0.2) is 4.98 Å². The summed E-state index contributed by atoms with van der Waals surface area (Å²) >= 11 is 9.19. The molecule has 1 N–H and O–H groups in total. The van der Waals surface area contributed by atoms with Crippen molar-refractivity contribution in [2.45, 2.75) is 19.4 Å². The standard InChI is InChI=1S/C19H16ClN3OS2/c20-14-5-3-13(4-6-14)17-11-23-15(12-26-19(23)22-17)7-8-18(24)21-10-16-2-1-9-25-16/h1-6,9,11-12H,7-8,10H2,(H,21,24). The normalized spacial score (nSPS) is 11.1. The summed E-state index contributed by atoms with van der Waals surface area (Å²) in [6, 6.07) is 11.7. The predicted octanol–water partition coefficient (Wildman–Crippen LogP) is 5.03. The quantitative estimate of drug-likeness (QED) is 0.492. The van der Waals surface area contributed by atoms with Crippen LogP contribution in [0.5, 0.6) is 0 Å². The molecule has 0 radical (unpaired) electrons. The van der Waals surface area contributed by atoms with Crippen molar-refractivity contribution in [3.05, 3.63) is 68.9 Å². The molecule has 7 heteroatoms. The maximum Gasteiger partial charge on any atom is 0.220 e. The van der Waals surface area contributed by atoms with Crippen LogP contribution in [0.25, 0.3) is 16.2 Å². The molecule has 3 aromatic heterocycles. The monoisotopic (exact) mass is 401 g/mol. The fourth-order valence-corrected chi connectivity index (χ4v) is 4.38. The number of halogens is 1. The summed E-state index contributed by atoms with van der Waals surface area (Å²) in [4.78, 5) is 18.9. The zero-order valence-electron chi connectivity index (χ0n) is 13.8. The van der Waals surface area contributed by atoms with Gasteiger partial charge in [-0.3, -0.25) is 9.20 Å². The number of nitrogens with one attached hydrogen (secondary N) is 1. The molecular formula is C19H16ClN3OS2. The van der Waals surface area contributed by atoms with E-state index >= 15 is 0 Å². The third kappa shape index (κ3) is 3.82. The van der Waals surface area contributed by atoms with Gasteiger partial charge in [-0.2, -0.15) is 0 Å². The molecule has 26 heavy (non-hydrogen) atoms. The molecule has 0 fully saturated rings. The van der Waals surface area contributed by atoms with E-state index in [0.717, 1.165) is 21.9 Å². The first-order valence-electron chi connectivity index (χ1n) is 8.19. The molecule has 3 heterocycles. The lowest BCUT2D eigenvalue weighted by atomic mass is 10.2. The summed E-state index contributed by atoms with van der Waals surface area (Å²) in [6.07, 6.45) is 3.17. The van der Waals surface area contributed by atoms with Gasteiger partial charge in [0.15, 0.2) is 4.96 Å². The Bertz CT molecular complexity index is 1020. The number of thiophene rings is 1. The Morgan fingerprint density at radius 1 is 1.19 bits per heavy atom. The van der Waals surface area contributed by atoms with Gasteiger partial charge in [-0.15, -0.1) is 22.7 Å². The van der Waals surface area contributed by atoms with Crippen LogP contribution in [0, 0.1) is 0 Å². The van der Waals surface area contributed by atoms with E-state index in [2.05, 4.69) is 20.1 Å². The Hall–Kier alpha value is -2.15. The van der Waals surface area contributed by atoms with Crippen molar-refractivity contribution in [1.82, 2.24) is 14.7 Å².